The van der Waals surface area contributed by atoms with Gasteiger partial charge in [-0.25, -0.2) is 4.79 Å². The molecule has 1 rings (SSSR count). The van der Waals surface area contributed by atoms with Gasteiger partial charge >= 0.3 is 5.97 Å². The summed E-state index contributed by atoms with van der Waals surface area (Å²) in [7, 11) is 0. The minimum Gasteiger partial charge on any atom is -0.482 e. The number of benzene rings is 1. The third kappa shape index (κ3) is 6.39. The molecule has 0 aromatic heterocycles. The zero-order valence-corrected chi connectivity index (χ0v) is 13.8. The highest BCUT2D eigenvalue weighted by Crippen LogP contribution is 2.23. The monoisotopic (exact) mass is 343 g/mol. The molecule has 1 aromatic carbocycles. The van der Waals surface area contributed by atoms with E-state index < -0.39 is 0 Å². The quantitative estimate of drug-likeness (QED) is 0.581. The number of rotatable bonds is 8. The first-order valence-electron chi connectivity index (χ1n) is 6.84. The summed E-state index contributed by atoms with van der Waals surface area (Å²) in [4.78, 5) is 11.5. The summed E-state index contributed by atoms with van der Waals surface area (Å²) < 4.78 is 11.6. The molecule has 0 aliphatic carbocycles. The second-order valence-corrected chi connectivity index (χ2v) is 5.67. The smallest absolute Gasteiger partial charge is 0.344 e. The van der Waals surface area contributed by atoms with E-state index >= 15 is 0 Å². The van der Waals surface area contributed by atoms with Gasteiger partial charge in [-0.1, -0.05) is 22.9 Å². The zero-order chi connectivity index (χ0) is 15.0. The molecule has 0 atom stereocenters. The maximum Gasteiger partial charge on any atom is 0.344 e. The fourth-order valence-corrected chi connectivity index (χ4v) is 2.07. The molecule has 4 nitrogen and oxygen atoms in total. The number of nitrogens with one attached hydrogen (secondary N) is 1. The van der Waals surface area contributed by atoms with Crippen LogP contribution in [0.5, 0.6) is 5.75 Å². The van der Waals surface area contributed by atoms with E-state index in [1.54, 1.807) is 0 Å². The molecule has 0 unspecified atom stereocenters. The minimum absolute atomic E-state index is 0.0689. The van der Waals surface area contributed by atoms with Gasteiger partial charge in [-0.05, 0) is 45.0 Å². The normalized spacial score (nSPS) is 10.7. The molecule has 0 saturated carbocycles. The SMILES string of the molecule is CCCNCc1cc(Br)ccc1OCC(=O)OC(C)C. The highest BCUT2D eigenvalue weighted by Gasteiger charge is 2.09. The number of hydrogen-bond acceptors (Lipinski definition) is 4. The molecule has 5 heteroatoms. The van der Waals surface area contributed by atoms with Gasteiger partial charge in [0.1, 0.15) is 5.75 Å². The molecule has 0 amide bonds. The molecule has 0 saturated heterocycles. The van der Waals surface area contributed by atoms with E-state index in [4.69, 9.17) is 9.47 Å². The topological polar surface area (TPSA) is 47.6 Å². The molecule has 1 aromatic rings. The average molecular weight is 344 g/mol. The highest BCUT2D eigenvalue weighted by atomic mass is 79.9. The van der Waals surface area contributed by atoms with Crippen LogP contribution in [-0.4, -0.2) is 25.2 Å². The molecule has 0 aliphatic rings. The number of esters is 1. The van der Waals surface area contributed by atoms with Gasteiger partial charge in [0.05, 0.1) is 6.10 Å². The lowest BCUT2D eigenvalue weighted by atomic mass is 10.2. The van der Waals surface area contributed by atoms with Crippen molar-refractivity contribution in [2.75, 3.05) is 13.2 Å². The van der Waals surface area contributed by atoms with Gasteiger partial charge < -0.3 is 14.8 Å². The lowest BCUT2D eigenvalue weighted by Crippen LogP contribution is -2.20. The second-order valence-electron chi connectivity index (χ2n) is 4.76. The Labute approximate surface area is 129 Å². The molecule has 0 radical (unpaired) electrons. The third-order valence-electron chi connectivity index (χ3n) is 2.48. The van der Waals surface area contributed by atoms with E-state index in [1.165, 1.54) is 0 Å². The van der Waals surface area contributed by atoms with Crippen molar-refractivity contribution in [2.24, 2.45) is 0 Å². The van der Waals surface area contributed by atoms with Crippen LogP contribution in [0.25, 0.3) is 0 Å². The summed E-state index contributed by atoms with van der Waals surface area (Å²) in [5.74, 6) is 0.355. The van der Waals surface area contributed by atoms with Crippen molar-refractivity contribution in [2.45, 2.75) is 39.8 Å². The van der Waals surface area contributed by atoms with Gasteiger partial charge in [-0.3, -0.25) is 0 Å². The van der Waals surface area contributed by atoms with Gasteiger partial charge in [0.25, 0.3) is 0 Å². The predicted octanol–water partition coefficient (Wildman–Crippen LogP) is 3.28. The van der Waals surface area contributed by atoms with E-state index in [1.807, 2.05) is 32.0 Å². The summed E-state index contributed by atoms with van der Waals surface area (Å²) in [6.45, 7) is 7.34. The largest absolute Gasteiger partial charge is 0.482 e. The van der Waals surface area contributed by atoms with E-state index in [0.717, 1.165) is 23.0 Å². The Morgan fingerprint density at radius 2 is 2.15 bits per heavy atom. The Morgan fingerprint density at radius 3 is 2.80 bits per heavy atom. The van der Waals surface area contributed by atoms with Gasteiger partial charge in [0.15, 0.2) is 6.61 Å². The van der Waals surface area contributed by atoms with E-state index in [9.17, 15) is 4.79 Å². The van der Waals surface area contributed by atoms with Crippen LogP contribution in [0.3, 0.4) is 0 Å². The second kappa shape index (κ2) is 8.97. The summed E-state index contributed by atoms with van der Waals surface area (Å²) in [6, 6.07) is 5.74. The Balaban J connectivity index is 2.61. The number of carbonyl (C=O) groups is 1. The molecule has 112 valence electrons. The molecule has 0 heterocycles. The molecule has 0 aliphatic heterocycles. The van der Waals surface area contributed by atoms with E-state index in [-0.39, 0.29) is 18.7 Å². The molecule has 0 fully saturated rings. The first kappa shape index (κ1) is 17.0. The van der Waals surface area contributed by atoms with Crippen molar-refractivity contribution in [3.8, 4) is 5.75 Å². The van der Waals surface area contributed by atoms with Crippen molar-refractivity contribution < 1.29 is 14.3 Å². The predicted molar refractivity (Wildman–Crippen MR) is 82.9 cm³/mol. The number of ether oxygens (including phenoxy) is 2. The van der Waals surface area contributed by atoms with Crippen LogP contribution in [0.15, 0.2) is 22.7 Å². The lowest BCUT2D eigenvalue weighted by molar-refractivity contribution is -0.149. The van der Waals surface area contributed by atoms with E-state index in [2.05, 4.69) is 28.2 Å². The van der Waals surface area contributed by atoms with Crippen molar-refractivity contribution in [3.63, 3.8) is 0 Å². The minimum atomic E-state index is -0.351. The van der Waals surface area contributed by atoms with Crippen LogP contribution in [-0.2, 0) is 16.1 Å². The van der Waals surface area contributed by atoms with Crippen LogP contribution in [0.1, 0.15) is 32.8 Å². The first-order valence-corrected chi connectivity index (χ1v) is 7.63. The Kier molecular flexibility index (Phi) is 7.62. The van der Waals surface area contributed by atoms with Gasteiger partial charge in [0, 0.05) is 16.6 Å². The maximum atomic E-state index is 11.5. The van der Waals surface area contributed by atoms with Crippen LogP contribution in [0.4, 0.5) is 0 Å². The molecular weight excluding hydrogens is 322 g/mol. The van der Waals surface area contributed by atoms with Gasteiger partial charge in [-0.15, -0.1) is 0 Å². The van der Waals surface area contributed by atoms with Crippen molar-refractivity contribution in [1.29, 1.82) is 0 Å². The zero-order valence-electron chi connectivity index (χ0n) is 12.2. The first-order chi connectivity index (χ1) is 9.52. The van der Waals surface area contributed by atoms with Crippen LogP contribution in [0.2, 0.25) is 0 Å². The molecule has 0 bridgehead atoms. The summed E-state index contributed by atoms with van der Waals surface area (Å²) in [5, 5.41) is 3.32. The fraction of sp³-hybridized carbons (Fsp3) is 0.533. The summed E-state index contributed by atoms with van der Waals surface area (Å²) in [5.41, 5.74) is 1.02. The van der Waals surface area contributed by atoms with Crippen molar-refractivity contribution >= 4 is 21.9 Å². The van der Waals surface area contributed by atoms with Crippen molar-refractivity contribution in [3.05, 3.63) is 28.2 Å². The molecule has 0 spiro atoms. The van der Waals surface area contributed by atoms with E-state index in [0.29, 0.717) is 12.3 Å². The van der Waals surface area contributed by atoms with Crippen molar-refractivity contribution in [1.82, 2.24) is 5.32 Å². The Hall–Kier alpha value is -1.07. The van der Waals surface area contributed by atoms with Gasteiger partial charge in [-0.2, -0.15) is 0 Å². The highest BCUT2D eigenvalue weighted by molar-refractivity contribution is 9.10. The standard InChI is InChI=1S/C15H22BrNO3/c1-4-7-17-9-12-8-13(16)5-6-14(12)19-10-15(18)20-11(2)3/h5-6,8,11,17H,4,7,9-10H2,1-3H3. The van der Waals surface area contributed by atoms with Crippen LogP contribution < -0.4 is 10.1 Å². The third-order valence-corrected chi connectivity index (χ3v) is 2.97. The average Bonchev–Trinajstić information content (AvgIpc) is 2.37. The van der Waals surface area contributed by atoms with Crippen LogP contribution >= 0.6 is 15.9 Å². The van der Waals surface area contributed by atoms with Gasteiger partial charge in [0.2, 0.25) is 0 Å². The fourth-order valence-electron chi connectivity index (χ4n) is 1.66. The number of carbonyl (C=O) groups excluding carboxylic acids is 1. The Morgan fingerprint density at radius 1 is 1.40 bits per heavy atom. The molecule has 20 heavy (non-hydrogen) atoms. The number of hydrogen-bond donors (Lipinski definition) is 1. The number of halogens is 1. The Bertz CT molecular complexity index is 435. The summed E-state index contributed by atoms with van der Waals surface area (Å²) >= 11 is 3.44. The molecule has 1 N–H and O–H groups in total. The van der Waals surface area contributed by atoms with Crippen LogP contribution in [0, 0.1) is 0 Å². The maximum absolute atomic E-state index is 11.5. The lowest BCUT2D eigenvalue weighted by Gasteiger charge is -2.13. The summed E-state index contributed by atoms with van der Waals surface area (Å²) in [6.07, 6.45) is 0.951. The molecular formula is C15H22BrNO3.